The van der Waals surface area contributed by atoms with Crippen molar-refractivity contribution >= 4 is 15.8 Å². The van der Waals surface area contributed by atoms with Gasteiger partial charge < -0.3 is 4.74 Å². The minimum atomic E-state index is -3.68. The fraction of sp³-hybridized carbons (Fsp3) is 0.353. The van der Waals surface area contributed by atoms with Crippen molar-refractivity contribution in [1.82, 2.24) is 0 Å². The number of sulfonamides is 1. The molecular weight excluding hydrogens is 326 g/mol. The number of ether oxygens (including phenoxy) is 1. The zero-order valence-corrected chi connectivity index (χ0v) is 14.4. The van der Waals surface area contributed by atoms with Gasteiger partial charge in [-0.3, -0.25) is 4.90 Å². The van der Waals surface area contributed by atoms with Gasteiger partial charge in [-0.1, -0.05) is 12.1 Å². The van der Waals surface area contributed by atoms with E-state index in [-0.39, 0.29) is 10.9 Å². The first kappa shape index (κ1) is 16.7. The zero-order valence-electron chi connectivity index (χ0n) is 13.6. The average Bonchev–Trinajstić information content (AvgIpc) is 3.05. The highest BCUT2D eigenvalue weighted by Crippen LogP contribution is 2.35. The molecule has 2 heterocycles. The van der Waals surface area contributed by atoms with E-state index in [2.05, 4.69) is 22.0 Å². The van der Waals surface area contributed by atoms with Crippen LogP contribution in [0, 0.1) is 0 Å². The molecule has 1 atom stereocenters. The summed E-state index contributed by atoms with van der Waals surface area (Å²) >= 11 is 0. The number of aromatic nitrogens is 1. The van der Waals surface area contributed by atoms with Crippen LogP contribution in [0.1, 0.15) is 31.4 Å². The van der Waals surface area contributed by atoms with Crippen molar-refractivity contribution in [3.05, 3.63) is 48.2 Å². The minimum Gasteiger partial charge on any atom is -0.494 e. The predicted molar refractivity (Wildman–Crippen MR) is 91.3 cm³/mol. The van der Waals surface area contributed by atoms with Crippen molar-refractivity contribution in [2.24, 2.45) is 5.14 Å². The van der Waals surface area contributed by atoms with E-state index in [1.165, 1.54) is 17.8 Å². The van der Waals surface area contributed by atoms with Crippen LogP contribution in [0.3, 0.4) is 0 Å². The first-order chi connectivity index (χ1) is 11.5. The fourth-order valence-corrected chi connectivity index (χ4v) is 3.59. The lowest BCUT2D eigenvalue weighted by Gasteiger charge is -2.19. The molecule has 1 aromatic heterocycles. The van der Waals surface area contributed by atoms with Crippen LogP contribution < -0.4 is 19.8 Å². The Bertz CT molecular complexity index is 789. The fourth-order valence-electron chi connectivity index (χ4n) is 3.11. The second kappa shape index (κ2) is 6.78. The van der Waals surface area contributed by atoms with E-state index in [4.69, 9.17) is 9.88 Å². The summed E-state index contributed by atoms with van der Waals surface area (Å²) in [4.78, 5) is 5.40. The molecular formula is C17H22N3O3S+. The minimum absolute atomic E-state index is 0.0862. The molecule has 0 radical (unpaired) electrons. The molecule has 128 valence electrons. The van der Waals surface area contributed by atoms with Crippen LogP contribution in [-0.4, -0.2) is 21.6 Å². The molecule has 1 aliphatic rings. The van der Waals surface area contributed by atoms with Gasteiger partial charge in [0.05, 0.1) is 13.2 Å². The summed E-state index contributed by atoms with van der Waals surface area (Å²) in [5, 5.41) is 5.14. The summed E-state index contributed by atoms with van der Waals surface area (Å²) in [5.41, 5.74) is 1.22. The number of H-pyrrole nitrogens is 1. The number of hydrogen-bond acceptors (Lipinski definition) is 4. The molecule has 24 heavy (non-hydrogen) atoms. The van der Waals surface area contributed by atoms with Crippen LogP contribution in [-0.2, 0) is 10.0 Å². The van der Waals surface area contributed by atoms with Gasteiger partial charge in [-0.05, 0) is 43.5 Å². The average molecular weight is 348 g/mol. The highest BCUT2D eigenvalue weighted by molar-refractivity contribution is 7.89. The van der Waals surface area contributed by atoms with Crippen molar-refractivity contribution in [2.45, 2.75) is 30.7 Å². The third-order valence-electron chi connectivity index (χ3n) is 4.23. The van der Waals surface area contributed by atoms with E-state index < -0.39 is 10.0 Å². The molecule has 0 saturated carbocycles. The Morgan fingerprint density at radius 3 is 2.58 bits per heavy atom. The van der Waals surface area contributed by atoms with Crippen molar-refractivity contribution in [2.75, 3.05) is 18.1 Å². The largest absolute Gasteiger partial charge is 0.494 e. The molecule has 6 nitrogen and oxygen atoms in total. The number of benzene rings is 1. The number of nitrogens with zero attached hydrogens (tertiary/aromatic N) is 1. The third kappa shape index (κ3) is 3.52. The third-order valence-corrected chi connectivity index (χ3v) is 5.15. The Balaban J connectivity index is 1.82. The van der Waals surface area contributed by atoms with Gasteiger partial charge in [0.15, 0.2) is 0 Å². The monoisotopic (exact) mass is 348 g/mol. The van der Waals surface area contributed by atoms with E-state index in [1.54, 1.807) is 6.07 Å². The van der Waals surface area contributed by atoms with Crippen LogP contribution in [0.5, 0.6) is 5.75 Å². The Labute approximate surface area is 142 Å². The van der Waals surface area contributed by atoms with Crippen molar-refractivity contribution in [3.63, 3.8) is 0 Å². The lowest BCUT2D eigenvalue weighted by Crippen LogP contribution is -2.29. The standard InChI is InChI=1S/C17H21N3O3S/c1-2-23-14-7-5-13(6-8-14)16-4-3-11-20(16)17-10-9-15(12-19-17)24(18,21)22/h5-10,12,16H,2-4,11H2,1H3,(H2,18,21,22)/p+1/t16-/m0/s1. The second-order valence-corrected chi connectivity index (χ2v) is 7.37. The molecule has 0 unspecified atom stereocenters. The molecule has 0 spiro atoms. The molecule has 0 amide bonds. The van der Waals surface area contributed by atoms with Crippen molar-refractivity contribution in [3.8, 4) is 5.75 Å². The maximum atomic E-state index is 11.4. The number of pyridine rings is 1. The first-order valence-corrected chi connectivity index (χ1v) is 9.57. The van der Waals surface area contributed by atoms with Crippen molar-refractivity contribution < 1.29 is 18.1 Å². The molecule has 2 aromatic rings. The van der Waals surface area contributed by atoms with Gasteiger partial charge in [0.25, 0.3) is 5.82 Å². The number of rotatable bonds is 5. The van der Waals surface area contributed by atoms with Crippen LogP contribution in [0.25, 0.3) is 0 Å². The van der Waals surface area contributed by atoms with Gasteiger partial charge in [0, 0.05) is 6.07 Å². The zero-order chi connectivity index (χ0) is 17.2. The molecule has 1 aliphatic heterocycles. The number of anilines is 1. The second-order valence-electron chi connectivity index (χ2n) is 5.81. The molecule has 1 fully saturated rings. The molecule has 3 rings (SSSR count). The predicted octanol–water partition coefficient (Wildman–Crippen LogP) is 1.89. The molecule has 1 aromatic carbocycles. The molecule has 0 bridgehead atoms. The van der Waals surface area contributed by atoms with Crippen LogP contribution in [0.15, 0.2) is 47.5 Å². The van der Waals surface area contributed by atoms with Gasteiger partial charge in [-0.25, -0.2) is 18.5 Å². The maximum absolute atomic E-state index is 11.4. The Morgan fingerprint density at radius 1 is 1.25 bits per heavy atom. The summed E-state index contributed by atoms with van der Waals surface area (Å²) in [5.74, 6) is 1.76. The Hall–Kier alpha value is -2.12. The van der Waals surface area contributed by atoms with Gasteiger partial charge >= 0.3 is 0 Å². The number of nitrogens with one attached hydrogen (secondary N) is 1. The van der Waals surface area contributed by atoms with Crippen LogP contribution in [0.4, 0.5) is 5.82 Å². The van der Waals surface area contributed by atoms with E-state index in [1.807, 2.05) is 19.1 Å². The van der Waals surface area contributed by atoms with Crippen LogP contribution in [0.2, 0.25) is 0 Å². The van der Waals surface area contributed by atoms with Gasteiger partial charge in [-0.15, -0.1) is 0 Å². The van der Waals surface area contributed by atoms with Crippen LogP contribution >= 0.6 is 0 Å². The number of primary sulfonamides is 1. The molecule has 3 N–H and O–H groups in total. The molecule has 7 heteroatoms. The van der Waals surface area contributed by atoms with Gasteiger partial charge in [0.2, 0.25) is 10.0 Å². The van der Waals surface area contributed by atoms with E-state index in [0.29, 0.717) is 6.61 Å². The lowest BCUT2D eigenvalue weighted by atomic mass is 10.0. The van der Waals surface area contributed by atoms with E-state index in [0.717, 1.165) is 31.0 Å². The summed E-state index contributed by atoms with van der Waals surface area (Å²) in [6, 6.07) is 11.7. The lowest BCUT2D eigenvalue weighted by molar-refractivity contribution is -0.367. The number of nitrogens with two attached hydrogens (primary N) is 1. The summed E-state index contributed by atoms with van der Waals surface area (Å²) < 4.78 is 28.2. The quantitative estimate of drug-likeness (QED) is 0.894. The molecule has 0 aliphatic carbocycles. The van der Waals surface area contributed by atoms with Gasteiger partial charge in [-0.2, -0.15) is 0 Å². The topological polar surface area (TPSA) is 86.8 Å². The number of hydrogen-bond donors (Lipinski definition) is 1. The van der Waals surface area contributed by atoms with E-state index in [9.17, 15) is 8.42 Å². The highest BCUT2D eigenvalue weighted by Gasteiger charge is 2.33. The van der Waals surface area contributed by atoms with Crippen molar-refractivity contribution in [1.29, 1.82) is 0 Å². The highest BCUT2D eigenvalue weighted by atomic mass is 32.2. The normalized spacial score (nSPS) is 17.9. The Kier molecular flexibility index (Phi) is 4.73. The summed E-state index contributed by atoms with van der Waals surface area (Å²) in [6.07, 6.45) is 3.58. The SMILES string of the molecule is CCOc1ccc([C@@H]2CCCN2c2ccc(S(N)(=O)=O)c[nH+]2)cc1. The number of aromatic amines is 1. The first-order valence-electron chi connectivity index (χ1n) is 8.03. The van der Waals surface area contributed by atoms with Gasteiger partial charge in [0.1, 0.15) is 22.9 Å². The Morgan fingerprint density at radius 2 is 2.00 bits per heavy atom. The molecule has 1 saturated heterocycles. The summed E-state index contributed by atoms with van der Waals surface area (Å²) in [7, 11) is -3.68. The smallest absolute Gasteiger partial charge is 0.274 e. The summed E-state index contributed by atoms with van der Waals surface area (Å²) in [6.45, 7) is 3.54. The van der Waals surface area contributed by atoms with E-state index >= 15 is 0 Å². The maximum Gasteiger partial charge on any atom is 0.274 e.